The molecule has 0 bridgehead atoms. The summed E-state index contributed by atoms with van der Waals surface area (Å²) in [4.78, 5) is 38.8. The van der Waals surface area contributed by atoms with Crippen LogP contribution in [0.2, 0.25) is 0 Å². The van der Waals surface area contributed by atoms with Crippen molar-refractivity contribution in [2.45, 2.75) is 12.1 Å². The number of anilines is 1. The first-order chi connectivity index (χ1) is 15.4. The van der Waals surface area contributed by atoms with Crippen molar-refractivity contribution in [1.82, 2.24) is 19.9 Å². The number of imidazole rings is 1. The molecule has 0 spiro atoms. The van der Waals surface area contributed by atoms with E-state index >= 15 is 0 Å². The van der Waals surface area contributed by atoms with Crippen LogP contribution in [-0.2, 0) is 14.3 Å². The van der Waals surface area contributed by atoms with E-state index in [-0.39, 0.29) is 40.3 Å². The van der Waals surface area contributed by atoms with Gasteiger partial charge in [-0.25, -0.2) is 19.7 Å². The highest BCUT2D eigenvalue weighted by molar-refractivity contribution is 7.99. The first-order valence-electron chi connectivity index (χ1n) is 9.28. The smallest absolute Gasteiger partial charge is 0.343 e. The highest BCUT2D eigenvalue weighted by Gasteiger charge is 2.17. The number of rotatable bonds is 8. The fourth-order valence-corrected chi connectivity index (χ4v) is 3.15. The van der Waals surface area contributed by atoms with Gasteiger partial charge in [0.25, 0.3) is 0 Å². The van der Waals surface area contributed by atoms with Gasteiger partial charge in [0.1, 0.15) is 29.6 Å². The van der Waals surface area contributed by atoms with E-state index in [2.05, 4.69) is 19.9 Å². The maximum absolute atomic E-state index is 12.0. The number of fused-ring (bicyclic) bond motifs is 1. The second-order valence-electron chi connectivity index (χ2n) is 6.16. The van der Waals surface area contributed by atoms with E-state index in [9.17, 15) is 20.0 Å². The number of nitrogens with one attached hydrogen (secondary N) is 1. The number of nitrogen functional groups attached to an aromatic ring is 1. The molecule has 0 saturated heterocycles. The lowest BCUT2D eigenvalue weighted by Gasteiger charge is -2.07. The van der Waals surface area contributed by atoms with Crippen molar-refractivity contribution < 1.29 is 24.2 Å². The number of hydrogen-bond donors (Lipinski definition) is 3. The molecule has 2 aromatic heterocycles. The number of nitriles is 1. The molecule has 0 unspecified atom stereocenters. The molecule has 0 aliphatic rings. The van der Waals surface area contributed by atoms with Crippen molar-refractivity contribution in [2.75, 3.05) is 24.7 Å². The molecule has 0 amide bonds. The number of nitrogens with two attached hydrogens (primary N) is 1. The van der Waals surface area contributed by atoms with Crippen molar-refractivity contribution in [1.29, 1.82) is 5.26 Å². The molecule has 0 fully saturated rings. The number of para-hydroxylation sites is 2. The average molecular weight is 454 g/mol. The van der Waals surface area contributed by atoms with Crippen molar-refractivity contribution in [2.24, 2.45) is 0 Å². The number of carbonyl (C=O) groups is 2. The molecule has 11 nitrogen and oxygen atoms in total. The molecule has 0 atom stereocenters. The van der Waals surface area contributed by atoms with Gasteiger partial charge in [0.2, 0.25) is 0 Å². The molecule has 0 saturated carbocycles. The lowest BCUT2D eigenvalue weighted by molar-refractivity contribution is -0.140. The lowest BCUT2D eigenvalue weighted by Crippen LogP contribution is -2.13. The largest absolute Gasteiger partial charge is 0.507 e. The van der Waals surface area contributed by atoms with Gasteiger partial charge in [-0.15, -0.1) is 0 Å². The zero-order valence-corrected chi connectivity index (χ0v) is 17.7. The van der Waals surface area contributed by atoms with Gasteiger partial charge in [-0.05, 0) is 19.1 Å². The number of allylic oxidation sites excluding steroid dienone is 1. The number of benzene rings is 1. The molecule has 3 rings (SSSR count). The Morgan fingerprint density at radius 3 is 2.75 bits per heavy atom. The van der Waals surface area contributed by atoms with E-state index in [1.54, 1.807) is 31.2 Å². The number of aromatic nitrogens is 4. The second-order valence-corrected chi connectivity index (χ2v) is 7.10. The van der Waals surface area contributed by atoms with Crippen LogP contribution in [0.25, 0.3) is 16.6 Å². The Morgan fingerprint density at radius 2 is 2.06 bits per heavy atom. The SMILES string of the molecule is CCOC(=O)c1cnc(SCC(=O)OC/C(O)=C(\C#N)c2nc3ccccc3[nH]2)nc1N. The van der Waals surface area contributed by atoms with E-state index in [1.807, 2.05) is 6.07 Å². The molecule has 0 aliphatic carbocycles. The molecule has 4 N–H and O–H groups in total. The number of ether oxygens (including phenoxy) is 2. The van der Waals surface area contributed by atoms with Gasteiger partial charge in [0.05, 0.1) is 23.4 Å². The number of aromatic amines is 1. The molecule has 2 heterocycles. The highest BCUT2D eigenvalue weighted by atomic mass is 32.2. The Bertz CT molecular complexity index is 1200. The van der Waals surface area contributed by atoms with Crippen molar-refractivity contribution >= 4 is 46.1 Å². The number of aliphatic hydroxyl groups excluding tert-OH is 1. The summed E-state index contributed by atoms with van der Waals surface area (Å²) in [7, 11) is 0. The molecular weight excluding hydrogens is 436 g/mol. The third kappa shape index (κ3) is 5.32. The van der Waals surface area contributed by atoms with Crippen LogP contribution >= 0.6 is 11.8 Å². The van der Waals surface area contributed by atoms with Crippen molar-refractivity contribution in [3.63, 3.8) is 0 Å². The number of nitrogens with zero attached hydrogens (tertiary/aromatic N) is 4. The van der Waals surface area contributed by atoms with Crippen LogP contribution in [0.15, 0.2) is 41.4 Å². The Morgan fingerprint density at radius 1 is 1.28 bits per heavy atom. The minimum atomic E-state index is -0.680. The van der Waals surface area contributed by atoms with Crippen LogP contribution < -0.4 is 5.73 Å². The fraction of sp³-hybridized carbons (Fsp3) is 0.200. The van der Waals surface area contributed by atoms with E-state index in [4.69, 9.17) is 15.2 Å². The number of thioether (sulfide) groups is 1. The third-order valence-electron chi connectivity index (χ3n) is 4.01. The predicted molar refractivity (Wildman–Crippen MR) is 115 cm³/mol. The van der Waals surface area contributed by atoms with Crippen LogP contribution in [0.5, 0.6) is 0 Å². The summed E-state index contributed by atoms with van der Waals surface area (Å²) in [5, 5.41) is 19.8. The highest BCUT2D eigenvalue weighted by Crippen LogP contribution is 2.20. The van der Waals surface area contributed by atoms with Gasteiger partial charge in [-0.3, -0.25) is 4.79 Å². The minimum absolute atomic E-state index is 0.0310. The van der Waals surface area contributed by atoms with Gasteiger partial charge in [-0.1, -0.05) is 23.9 Å². The summed E-state index contributed by atoms with van der Waals surface area (Å²) in [6.45, 7) is 1.34. The zero-order chi connectivity index (χ0) is 23.1. The summed E-state index contributed by atoms with van der Waals surface area (Å²) in [6.07, 6.45) is 1.22. The van der Waals surface area contributed by atoms with Gasteiger partial charge >= 0.3 is 11.9 Å². The van der Waals surface area contributed by atoms with E-state index < -0.39 is 24.3 Å². The summed E-state index contributed by atoms with van der Waals surface area (Å²) in [6, 6.07) is 9.00. The summed E-state index contributed by atoms with van der Waals surface area (Å²) in [5.74, 6) is -1.84. The van der Waals surface area contributed by atoms with Gasteiger partial charge in [-0.2, -0.15) is 5.26 Å². The Kier molecular flexibility index (Phi) is 7.25. The van der Waals surface area contributed by atoms with Crippen LogP contribution in [-0.4, -0.2) is 55.9 Å². The first kappa shape index (κ1) is 22.6. The van der Waals surface area contributed by atoms with Gasteiger partial charge in [0.15, 0.2) is 16.7 Å². The minimum Gasteiger partial charge on any atom is -0.507 e. The standard InChI is InChI=1S/C20H18N6O5S/c1-2-30-19(29)12-8-23-20(26-17(12)22)32-10-16(28)31-9-15(27)11(7-21)18-24-13-5-3-4-6-14(13)25-18/h3-6,8,27H,2,9-10H2,1H3,(H,24,25)(H2,22,23,26)/b15-11-. The molecule has 12 heteroatoms. The topological polar surface area (TPSA) is 177 Å². The summed E-state index contributed by atoms with van der Waals surface area (Å²) >= 11 is 0.932. The molecule has 3 aromatic rings. The maximum Gasteiger partial charge on any atom is 0.343 e. The Hall–Kier alpha value is -4.11. The number of H-pyrrole nitrogens is 1. The fourth-order valence-electron chi connectivity index (χ4n) is 2.53. The molecule has 0 aliphatic heterocycles. The summed E-state index contributed by atoms with van der Waals surface area (Å²) < 4.78 is 9.85. The first-order valence-corrected chi connectivity index (χ1v) is 10.3. The van der Waals surface area contributed by atoms with E-state index in [1.165, 1.54) is 6.20 Å². The van der Waals surface area contributed by atoms with Crippen LogP contribution in [0.3, 0.4) is 0 Å². The van der Waals surface area contributed by atoms with E-state index in [0.29, 0.717) is 11.0 Å². The van der Waals surface area contributed by atoms with Crippen molar-refractivity contribution in [3.8, 4) is 6.07 Å². The Balaban J connectivity index is 1.58. The molecule has 164 valence electrons. The number of carbonyl (C=O) groups excluding carboxylic acids is 2. The molecule has 1 aromatic carbocycles. The maximum atomic E-state index is 12.0. The van der Waals surface area contributed by atoms with Gasteiger partial charge in [0, 0.05) is 6.20 Å². The Labute approximate surface area is 186 Å². The van der Waals surface area contributed by atoms with E-state index in [0.717, 1.165) is 11.8 Å². The average Bonchev–Trinajstić information content (AvgIpc) is 3.20. The number of aliphatic hydroxyl groups is 1. The van der Waals surface area contributed by atoms with Crippen LogP contribution in [0.1, 0.15) is 23.1 Å². The number of hydrogen-bond acceptors (Lipinski definition) is 11. The summed E-state index contributed by atoms with van der Waals surface area (Å²) in [5.41, 5.74) is 6.96. The normalized spacial score (nSPS) is 11.5. The monoisotopic (exact) mass is 454 g/mol. The van der Waals surface area contributed by atoms with Gasteiger partial charge < -0.3 is 25.3 Å². The number of esters is 2. The quantitative estimate of drug-likeness (QED) is 0.149. The lowest BCUT2D eigenvalue weighted by atomic mass is 10.2. The third-order valence-corrected chi connectivity index (χ3v) is 4.84. The second kappa shape index (κ2) is 10.3. The zero-order valence-electron chi connectivity index (χ0n) is 16.9. The van der Waals surface area contributed by atoms with Crippen molar-refractivity contribution in [3.05, 3.63) is 47.6 Å². The molecule has 32 heavy (non-hydrogen) atoms. The van der Waals surface area contributed by atoms with Crippen LogP contribution in [0.4, 0.5) is 5.82 Å². The predicted octanol–water partition coefficient (Wildman–Crippen LogP) is 2.24. The molecular formula is C20H18N6O5S. The van der Waals surface area contributed by atoms with Crippen LogP contribution in [0, 0.1) is 11.3 Å². The molecule has 0 radical (unpaired) electrons.